The van der Waals surface area contributed by atoms with Crippen molar-refractivity contribution in [1.82, 2.24) is 0 Å². The van der Waals surface area contributed by atoms with Gasteiger partial charge in [-0.15, -0.1) is 0 Å². The van der Waals surface area contributed by atoms with E-state index >= 15 is 0 Å². The molecule has 0 amide bonds. The van der Waals surface area contributed by atoms with Gasteiger partial charge in [-0.05, 0) is 35.5 Å². The maximum Gasteiger partial charge on any atom is -0.0300 e. The van der Waals surface area contributed by atoms with Gasteiger partial charge in [0.2, 0.25) is 0 Å². The molecule has 0 aliphatic heterocycles. The highest BCUT2D eigenvalue weighted by Gasteiger charge is 2.44. The molecule has 1 aliphatic rings. The van der Waals surface area contributed by atoms with Crippen LogP contribution in [-0.2, 0) is 0 Å². The predicted octanol–water partition coefficient (Wildman–Crippen LogP) is 3.96. The Morgan fingerprint density at radius 3 is 1.92 bits per heavy atom. The topological polar surface area (TPSA) is 0 Å². The quantitative estimate of drug-likeness (QED) is 0.585. The summed E-state index contributed by atoms with van der Waals surface area (Å²) in [5.41, 5.74) is 0.548. The summed E-state index contributed by atoms with van der Waals surface area (Å²) < 4.78 is 0. The van der Waals surface area contributed by atoms with Gasteiger partial charge in [-0.3, -0.25) is 0 Å². The fraction of sp³-hybridized carbons (Fsp3) is 1.00. The summed E-state index contributed by atoms with van der Waals surface area (Å²) in [6, 6.07) is 0. The van der Waals surface area contributed by atoms with Gasteiger partial charge in [0, 0.05) is 0 Å². The smallest absolute Gasteiger partial charge is 0.0300 e. The average Bonchev–Trinajstić information content (AvgIpc) is 1.98. The van der Waals surface area contributed by atoms with Crippen molar-refractivity contribution in [3.8, 4) is 0 Å². The van der Waals surface area contributed by atoms with Crippen molar-refractivity contribution < 1.29 is 0 Å². The van der Waals surface area contributed by atoms with Gasteiger partial charge in [-0.2, -0.15) is 0 Å². The summed E-state index contributed by atoms with van der Waals surface area (Å²) in [5.74, 6) is 3.69. The highest BCUT2D eigenvalue weighted by molar-refractivity contribution is 4.93. The van der Waals surface area contributed by atoms with E-state index < -0.39 is 0 Å². The van der Waals surface area contributed by atoms with Gasteiger partial charge in [0.05, 0.1) is 0 Å². The molecule has 0 nitrogen and oxygen atoms in total. The summed E-state index contributed by atoms with van der Waals surface area (Å²) in [7, 11) is 0. The molecule has 0 aromatic heterocycles. The first-order valence-electron chi connectivity index (χ1n) is 5.37. The molecule has 0 bridgehead atoms. The summed E-state index contributed by atoms with van der Waals surface area (Å²) in [4.78, 5) is 0. The van der Waals surface area contributed by atoms with E-state index in [1.807, 2.05) is 0 Å². The zero-order valence-electron chi connectivity index (χ0n) is 9.52. The largest absolute Gasteiger partial charge is 0.0623 e. The van der Waals surface area contributed by atoms with Crippen molar-refractivity contribution >= 4 is 0 Å². The van der Waals surface area contributed by atoms with Crippen LogP contribution in [0.2, 0.25) is 0 Å². The molecule has 0 heteroatoms. The third-order valence-electron chi connectivity index (χ3n) is 4.60. The molecule has 0 heterocycles. The van der Waals surface area contributed by atoms with E-state index in [1.165, 1.54) is 6.42 Å². The van der Waals surface area contributed by atoms with Crippen LogP contribution in [0.25, 0.3) is 0 Å². The molecule has 1 saturated carbocycles. The monoisotopic (exact) mass is 168 g/mol. The third kappa shape index (κ3) is 1.41. The van der Waals surface area contributed by atoms with Crippen LogP contribution >= 0.6 is 0 Å². The second-order valence-electron chi connectivity index (χ2n) is 5.65. The lowest BCUT2D eigenvalue weighted by molar-refractivity contribution is -0.0270. The van der Waals surface area contributed by atoms with Crippen molar-refractivity contribution in [2.75, 3.05) is 0 Å². The molecule has 72 valence electrons. The van der Waals surface area contributed by atoms with E-state index in [4.69, 9.17) is 0 Å². The Labute approximate surface area is 77.7 Å². The molecular formula is C12H24. The Kier molecular flexibility index (Phi) is 2.56. The molecule has 1 fully saturated rings. The van der Waals surface area contributed by atoms with Crippen LogP contribution in [0.5, 0.6) is 0 Å². The Bertz CT molecular complexity index is 155. The Morgan fingerprint density at radius 2 is 1.67 bits per heavy atom. The summed E-state index contributed by atoms with van der Waals surface area (Å²) >= 11 is 0. The van der Waals surface area contributed by atoms with Gasteiger partial charge < -0.3 is 0 Å². The average molecular weight is 168 g/mol. The maximum absolute atomic E-state index is 2.44. The minimum atomic E-state index is 0.548. The van der Waals surface area contributed by atoms with Crippen molar-refractivity contribution in [3.63, 3.8) is 0 Å². The SMILES string of the molecule is CC1CC(C(C)(C)C(C)C)C1C. The lowest BCUT2D eigenvalue weighted by atomic mass is 9.53. The molecule has 12 heavy (non-hydrogen) atoms. The Hall–Kier alpha value is 0. The number of hydrogen-bond donors (Lipinski definition) is 0. The van der Waals surface area contributed by atoms with Gasteiger partial charge in [0.1, 0.15) is 0 Å². The van der Waals surface area contributed by atoms with Crippen molar-refractivity contribution in [3.05, 3.63) is 0 Å². The van der Waals surface area contributed by atoms with Crippen molar-refractivity contribution in [2.45, 2.75) is 48.0 Å². The van der Waals surface area contributed by atoms with Gasteiger partial charge in [0.15, 0.2) is 0 Å². The second-order valence-corrected chi connectivity index (χ2v) is 5.65. The van der Waals surface area contributed by atoms with E-state index in [0.29, 0.717) is 5.41 Å². The van der Waals surface area contributed by atoms with Gasteiger partial charge in [0.25, 0.3) is 0 Å². The number of hydrogen-bond acceptors (Lipinski definition) is 0. The highest BCUT2D eigenvalue weighted by atomic mass is 14.5. The molecule has 0 N–H and O–H groups in total. The van der Waals surface area contributed by atoms with Crippen LogP contribution in [0.15, 0.2) is 0 Å². The first-order valence-corrected chi connectivity index (χ1v) is 5.37. The minimum absolute atomic E-state index is 0.548. The van der Waals surface area contributed by atoms with Crippen LogP contribution in [0, 0.1) is 29.1 Å². The van der Waals surface area contributed by atoms with Gasteiger partial charge >= 0.3 is 0 Å². The van der Waals surface area contributed by atoms with Crippen LogP contribution < -0.4 is 0 Å². The van der Waals surface area contributed by atoms with Crippen molar-refractivity contribution in [2.24, 2.45) is 29.1 Å². The van der Waals surface area contributed by atoms with E-state index in [2.05, 4.69) is 41.5 Å². The minimum Gasteiger partial charge on any atom is -0.0623 e. The lowest BCUT2D eigenvalue weighted by Crippen LogP contribution is -2.44. The predicted molar refractivity (Wildman–Crippen MR) is 55.1 cm³/mol. The highest BCUT2D eigenvalue weighted by Crippen LogP contribution is 2.52. The summed E-state index contributed by atoms with van der Waals surface area (Å²) in [6.07, 6.45) is 1.45. The Balaban J connectivity index is 2.60. The molecular weight excluding hydrogens is 144 g/mol. The molecule has 3 atom stereocenters. The molecule has 0 saturated heterocycles. The second kappa shape index (κ2) is 3.05. The summed E-state index contributed by atoms with van der Waals surface area (Å²) in [6.45, 7) is 14.4. The van der Waals surface area contributed by atoms with Crippen molar-refractivity contribution in [1.29, 1.82) is 0 Å². The molecule has 0 aromatic carbocycles. The van der Waals surface area contributed by atoms with Gasteiger partial charge in [-0.1, -0.05) is 41.5 Å². The first-order chi connectivity index (χ1) is 5.37. The van der Waals surface area contributed by atoms with Crippen LogP contribution in [0.1, 0.15) is 48.0 Å². The fourth-order valence-electron chi connectivity index (χ4n) is 2.44. The van der Waals surface area contributed by atoms with E-state index in [9.17, 15) is 0 Å². The number of rotatable bonds is 2. The van der Waals surface area contributed by atoms with E-state index in [-0.39, 0.29) is 0 Å². The Morgan fingerprint density at radius 1 is 1.17 bits per heavy atom. The molecule has 3 unspecified atom stereocenters. The van der Waals surface area contributed by atoms with Crippen LogP contribution in [0.4, 0.5) is 0 Å². The zero-order valence-corrected chi connectivity index (χ0v) is 9.52. The molecule has 1 aliphatic carbocycles. The third-order valence-corrected chi connectivity index (χ3v) is 4.60. The van der Waals surface area contributed by atoms with Crippen LogP contribution in [0.3, 0.4) is 0 Å². The van der Waals surface area contributed by atoms with Gasteiger partial charge in [-0.25, -0.2) is 0 Å². The normalized spacial score (nSPS) is 36.8. The molecule has 0 spiro atoms. The van der Waals surface area contributed by atoms with E-state index in [0.717, 1.165) is 23.7 Å². The lowest BCUT2D eigenvalue weighted by Gasteiger charge is -2.52. The first kappa shape index (κ1) is 10.1. The fourth-order valence-corrected chi connectivity index (χ4v) is 2.44. The van der Waals surface area contributed by atoms with E-state index in [1.54, 1.807) is 0 Å². The molecule has 1 rings (SSSR count). The standard InChI is InChI=1S/C12H24/c1-8(2)12(5,6)11-7-9(3)10(11)4/h8-11H,7H2,1-6H3. The maximum atomic E-state index is 2.44. The molecule has 0 aromatic rings. The molecule has 0 radical (unpaired) electrons. The van der Waals surface area contributed by atoms with Crippen LogP contribution in [-0.4, -0.2) is 0 Å². The zero-order chi connectivity index (χ0) is 9.52. The summed E-state index contributed by atoms with van der Waals surface area (Å²) in [5, 5.41) is 0.